The number of hydrogen-bond donors (Lipinski definition) is 1. The van der Waals surface area contributed by atoms with Crippen LogP contribution in [0.25, 0.3) is 17.3 Å². The fourth-order valence-corrected chi connectivity index (χ4v) is 3.35. The van der Waals surface area contributed by atoms with Gasteiger partial charge in [-0.2, -0.15) is 0 Å². The van der Waals surface area contributed by atoms with Crippen molar-refractivity contribution in [1.82, 2.24) is 4.98 Å². The second kappa shape index (κ2) is 10.4. The van der Waals surface area contributed by atoms with E-state index in [9.17, 15) is 4.79 Å². The van der Waals surface area contributed by atoms with Crippen molar-refractivity contribution in [1.29, 1.82) is 0 Å². The van der Waals surface area contributed by atoms with E-state index >= 15 is 0 Å². The predicted molar refractivity (Wildman–Crippen MR) is 119 cm³/mol. The third kappa shape index (κ3) is 5.93. The molecule has 1 amide bonds. The first-order valence-electron chi connectivity index (χ1n) is 9.50. The van der Waals surface area contributed by atoms with E-state index in [1.165, 1.54) is 17.4 Å². The molecule has 0 aliphatic rings. The SMILES string of the molecule is CCCCOc1ccc(/C=C/C(=O)Nc2nc(-c3ccccc3OC)cs2)cc1. The van der Waals surface area contributed by atoms with Gasteiger partial charge in [0.1, 0.15) is 11.5 Å². The number of amides is 1. The lowest BCUT2D eigenvalue weighted by Gasteiger charge is -2.05. The number of unbranched alkanes of at least 4 members (excludes halogenated alkanes) is 1. The summed E-state index contributed by atoms with van der Waals surface area (Å²) in [6.07, 6.45) is 5.41. The maximum Gasteiger partial charge on any atom is 0.250 e. The predicted octanol–water partition coefficient (Wildman–Crippen LogP) is 5.65. The van der Waals surface area contributed by atoms with Crippen LogP contribution in [0.4, 0.5) is 5.13 Å². The molecule has 0 aliphatic heterocycles. The Labute approximate surface area is 175 Å². The molecule has 5 nitrogen and oxygen atoms in total. The Morgan fingerprint density at radius 3 is 2.72 bits per heavy atom. The molecule has 0 saturated carbocycles. The van der Waals surface area contributed by atoms with Crippen molar-refractivity contribution in [3.63, 3.8) is 0 Å². The van der Waals surface area contributed by atoms with Gasteiger partial charge in [-0.1, -0.05) is 37.6 Å². The average molecular weight is 409 g/mol. The van der Waals surface area contributed by atoms with Gasteiger partial charge in [0.2, 0.25) is 5.91 Å². The van der Waals surface area contributed by atoms with Gasteiger partial charge in [0.05, 0.1) is 19.4 Å². The van der Waals surface area contributed by atoms with Gasteiger partial charge < -0.3 is 9.47 Å². The van der Waals surface area contributed by atoms with Crippen molar-refractivity contribution in [2.45, 2.75) is 19.8 Å². The number of rotatable bonds is 9. The molecule has 150 valence electrons. The summed E-state index contributed by atoms with van der Waals surface area (Å²) >= 11 is 1.38. The van der Waals surface area contributed by atoms with Crippen molar-refractivity contribution in [3.05, 3.63) is 65.6 Å². The highest BCUT2D eigenvalue weighted by molar-refractivity contribution is 7.14. The van der Waals surface area contributed by atoms with Crippen molar-refractivity contribution >= 4 is 28.5 Å². The Morgan fingerprint density at radius 1 is 1.17 bits per heavy atom. The maximum absolute atomic E-state index is 12.2. The molecule has 0 radical (unpaired) electrons. The summed E-state index contributed by atoms with van der Waals surface area (Å²) in [4.78, 5) is 16.7. The number of para-hydroxylation sites is 1. The molecule has 29 heavy (non-hydrogen) atoms. The first-order chi connectivity index (χ1) is 14.2. The molecule has 3 rings (SSSR count). The van der Waals surface area contributed by atoms with Crippen LogP contribution in [-0.4, -0.2) is 24.6 Å². The highest BCUT2D eigenvalue weighted by Gasteiger charge is 2.10. The number of carbonyl (C=O) groups is 1. The Hall–Kier alpha value is -3.12. The van der Waals surface area contributed by atoms with Crippen molar-refractivity contribution in [2.75, 3.05) is 19.0 Å². The number of carbonyl (C=O) groups excluding carboxylic acids is 1. The number of nitrogens with one attached hydrogen (secondary N) is 1. The molecule has 1 heterocycles. The molecule has 0 aliphatic carbocycles. The molecule has 1 N–H and O–H groups in total. The van der Waals surface area contributed by atoms with Crippen LogP contribution in [0.2, 0.25) is 0 Å². The topological polar surface area (TPSA) is 60.5 Å². The van der Waals surface area contributed by atoms with Gasteiger partial charge in [-0.05, 0) is 42.3 Å². The number of thiazole rings is 1. The normalized spacial score (nSPS) is 10.8. The molecule has 6 heteroatoms. The molecule has 0 bridgehead atoms. The minimum absolute atomic E-state index is 0.228. The van der Waals surface area contributed by atoms with E-state index in [2.05, 4.69) is 17.2 Å². The van der Waals surface area contributed by atoms with Crippen molar-refractivity contribution in [2.24, 2.45) is 0 Å². The van der Waals surface area contributed by atoms with Crippen LogP contribution in [0, 0.1) is 0 Å². The van der Waals surface area contributed by atoms with Gasteiger partial charge >= 0.3 is 0 Å². The summed E-state index contributed by atoms with van der Waals surface area (Å²) in [5.74, 6) is 1.36. The number of aromatic nitrogens is 1. The molecular formula is C23H24N2O3S. The molecule has 0 atom stereocenters. The van der Waals surface area contributed by atoms with Crippen molar-refractivity contribution in [3.8, 4) is 22.8 Å². The number of benzene rings is 2. The van der Waals surface area contributed by atoms with Gasteiger partial charge in [-0.15, -0.1) is 11.3 Å². The van der Waals surface area contributed by atoms with Crippen molar-refractivity contribution < 1.29 is 14.3 Å². The van der Waals surface area contributed by atoms with Crippen LogP contribution in [0.3, 0.4) is 0 Å². The summed E-state index contributed by atoms with van der Waals surface area (Å²) in [5, 5.41) is 5.24. The number of hydrogen-bond acceptors (Lipinski definition) is 5. The van der Waals surface area contributed by atoms with Crippen LogP contribution in [0.1, 0.15) is 25.3 Å². The van der Waals surface area contributed by atoms with E-state index in [1.807, 2.05) is 53.9 Å². The third-order valence-electron chi connectivity index (χ3n) is 4.19. The zero-order chi connectivity index (χ0) is 20.5. The van der Waals surface area contributed by atoms with Gasteiger partial charge in [0.15, 0.2) is 5.13 Å². The fraction of sp³-hybridized carbons (Fsp3) is 0.217. The van der Waals surface area contributed by atoms with Gasteiger partial charge in [-0.3, -0.25) is 10.1 Å². The summed E-state index contributed by atoms with van der Waals surface area (Å²) in [6, 6.07) is 15.3. The molecular weight excluding hydrogens is 384 g/mol. The molecule has 1 aromatic heterocycles. The molecule has 0 spiro atoms. The highest BCUT2D eigenvalue weighted by atomic mass is 32.1. The Kier molecular flexibility index (Phi) is 7.41. The lowest BCUT2D eigenvalue weighted by molar-refractivity contribution is -0.111. The van der Waals surface area contributed by atoms with E-state index in [-0.39, 0.29) is 5.91 Å². The first-order valence-corrected chi connectivity index (χ1v) is 10.4. The Balaban J connectivity index is 1.57. The van der Waals surface area contributed by atoms with E-state index in [0.29, 0.717) is 5.13 Å². The second-order valence-electron chi connectivity index (χ2n) is 6.33. The van der Waals surface area contributed by atoms with E-state index < -0.39 is 0 Å². The van der Waals surface area contributed by atoms with Crippen LogP contribution >= 0.6 is 11.3 Å². The zero-order valence-electron chi connectivity index (χ0n) is 16.6. The summed E-state index contributed by atoms with van der Waals surface area (Å²) in [7, 11) is 1.63. The fourth-order valence-electron chi connectivity index (χ4n) is 2.64. The molecule has 0 unspecified atom stereocenters. The average Bonchev–Trinajstić information content (AvgIpc) is 3.21. The number of anilines is 1. The Bertz CT molecular complexity index is 964. The minimum atomic E-state index is -0.228. The van der Waals surface area contributed by atoms with E-state index in [4.69, 9.17) is 9.47 Å². The highest BCUT2D eigenvalue weighted by Crippen LogP contribution is 2.31. The number of ether oxygens (including phenoxy) is 2. The van der Waals surface area contributed by atoms with E-state index in [0.717, 1.165) is 47.8 Å². The minimum Gasteiger partial charge on any atom is -0.496 e. The van der Waals surface area contributed by atoms with Gasteiger partial charge in [-0.25, -0.2) is 4.98 Å². The van der Waals surface area contributed by atoms with Crippen LogP contribution in [0.15, 0.2) is 60.0 Å². The molecule has 0 saturated heterocycles. The van der Waals surface area contributed by atoms with Crippen LogP contribution in [-0.2, 0) is 4.79 Å². The lowest BCUT2D eigenvalue weighted by atomic mass is 10.1. The van der Waals surface area contributed by atoms with Gasteiger partial charge in [0, 0.05) is 17.0 Å². The quantitative estimate of drug-likeness (QED) is 0.367. The lowest BCUT2D eigenvalue weighted by Crippen LogP contribution is -2.07. The van der Waals surface area contributed by atoms with Crippen LogP contribution in [0.5, 0.6) is 11.5 Å². The largest absolute Gasteiger partial charge is 0.496 e. The Morgan fingerprint density at radius 2 is 1.97 bits per heavy atom. The standard InChI is InChI=1S/C23H24N2O3S/c1-3-4-15-28-18-12-9-17(10-13-18)11-14-22(26)25-23-24-20(16-29-23)19-7-5-6-8-21(19)27-2/h5-14,16H,3-4,15H2,1-2H3,(H,24,25,26)/b14-11+. The first kappa shape index (κ1) is 20.6. The summed E-state index contributed by atoms with van der Waals surface area (Å²) in [6.45, 7) is 2.85. The van der Waals surface area contributed by atoms with E-state index in [1.54, 1.807) is 13.2 Å². The van der Waals surface area contributed by atoms with Gasteiger partial charge in [0.25, 0.3) is 0 Å². The number of nitrogens with zero attached hydrogens (tertiary/aromatic N) is 1. The van der Waals surface area contributed by atoms with Crippen LogP contribution < -0.4 is 14.8 Å². The maximum atomic E-state index is 12.2. The second-order valence-corrected chi connectivity index (χ2v) is 7.19. The monoisotopic (exact) mass is 408 g/mol. The smallest absolute Gasteiger partial charge is 0.250 e. The molecule has 3 aromatic rings. The summed E-state index contributed by atoms with van der Waals surface area (Å²) < 4.78 is 11.0. The molecule has 2 aromatic carbocycles. The third-order valence-corrected chi connectivity index (χ3v) is 4.95. The molecule has 0 fully saturated rings. The summed E-state index contributed by atoms with van der Waals surface area (Å²) in [5.41, 5.74) is 2.59. The zero-order valence-corrected chi connectivity index (χ0v) is 17.4. The number of methoxy groups -OCH3 is 1.